The summed E-state index contributed by atoms with van der Waals surface area (Å²) >= 11 is 0. The van der Waals surface area contributed by atoms with E-state index in [1.807, 2.05) is 37.6 Å². The van der Waals surface area contributed by atoms with Crippen LogP contribution in [0.2, 0.25) is 25.7 Å². The molecule has 0 radical (unpaired) electrons. The number of fused-ring (bicyclic) bond motifs is 1. The molecule has 36 heavy (non-hydrogen) atoms. The van der Waals surface area contributed by atoms with Crippen molar-refractivity contribution in [3.8, 4) is 0 Å². The number of nitrogens with zero attached hydrogens (tertiary/aromatic N) is 4. The van der Waals surface area contributed by atoms with Crippen molar-refractivity contribution >= 4 is 37.2 Å². The Morgan fingerprint density at radius 2 is 1.92 bits per heavy atom. The lowest BCUT2D eigenvalue weighted by molar-refractivity contribution is 0.0255. The number of carbonyl (C=O) groups is 2. The van der Waals surface area contributed by atoms with Crippen LogP contribution in [0.25, 0.3) is 11.2 Å². The Morgan fingerprint density at radius 1 is 1.19 bits per heavy atom. The summed E-state index contributed by atoms with van der Waals surface area (Å²) in [4.78, 5) is 35.9. The van der Waals surface area contributed by atoms with Gasteiger partial charge >= 0.3 is 12.1 Å². The third-order valence-electron chi connectivity index (χ3n) is 6.15. The zero-order valence-electron chi connectivity index (χ0n) is 22.8. The summed E-state index contributed by atoms with van der Waals surface area (Å²) in [7, 11) is -1.13. The summed E-state index contributed by atoms with van der Waals surface area (Å²) in [6, 6.07) is 2.58. The van der Waals surface area contributed by atoms with Gasteiger partial charge < -0.3 is 24.3 Å². The Kier molecular flexibility index (Phi) is 8.99. The van der Waals surface area contributed by atoms with Gasteiger partial charge in [0.05, 0.1) is 6.20 Å². The maximum atomic E-state index is 12.7. The minimum Gasteiger partial charge on any atom is -0.444 e. The van der Waals surface area contributed by atoms with E-state index in [0.29, 0.717) is 43.2 Å². The highest BCUT2D eigenvalue weighted by molar-refractivity contribution is 6.76. The van der Waals surface area contributed by atoms with Crippen molar-refractivity contribution in [2.45, 2.75) is 84.6 Å². The summed E-state index contributed by atoms with van der Waals surface area (Å²) in [5.41, 5.74) is 0.877. The van der Waals surface area contributed by atoms with Gasteiger partial charge in [0.15, 0.2) is 11.5 Å². The number of urea groups is 1. The monoisotopic (exact) mass is 518 g/mol. The predicted molar refractivity (Wildman–Crippen MR) is 144 cm³/mol. The number of ether oxygens (including phenoxy) is 2. The SMILES string of the molecule is C[C@@H]1CCN(C(=O)OC(C)(C)C)CC[C@@H]1NC(=O)Nc1cnc2c(ccn2COCC[Si](C)(C)C)n1. The average Bonchev–Trinajstić information content (AvgIpc) is 3.06. The van der Waals surface area contributed by atoms with Gasteiger partial charge in [-0.25, -0.2) is 19.6 Å². The first-order valence-corrected chi connectivity index (χ1v) is 16.5. The highest BCUT2D eigenvalue weighted by Crippen LogP contribution is 2.20. The molecule has 1 saturated heterocycles. The lowest BCUT2D eigenvalue weighted by Gasteiger charge is -2.26. The van der Waals surface area contributed by atoms with Crippen LogP contribution in [0.4, 0.5) is 15.4 Å². The standard InChI is InChI=1S/C25H42N6O4Si/c1-18-8-11-30(24(33)35-25(2,3)4)12-9-19(18)28-23(32)29-21-16-26-22-20(27-21)10-13-31(22)17-34-14-15-36(5,6)7/h10,13,16,18-19H,8-9,11-12,14-15,17H2,1-7H3,(H2,27,28,29,32)/t18-,19+/m1/s1. The fraction of sp³-hybridized carbons (Fsp3) is 0.680. The third kappa shape index (κ3) is 8.47. The molecule has 1 fully saturated rings. The van der Waals surface area contributed by atoms with Crippen molar-refractivity contribution in [2.75, 3.05) is 25.0 Å². The Labute approximate surface area is 215 Å². The lowest BCUT2D eigenvalue weighted by atomic mass is 9.97. The number of likely N-dealkylation sites (tertiary alicyclic amines) is 1. The van der Waals surface area contributed by atoms with E-state index in [4.69, 9.17) is 9.47 Å². The van der Waals surface area contributed by atoms with Crippen molar-refractivity contribution in [1.29, 1.82) is 0 Å². The zero-order chi connectivity index (χ0) is 26.5. The molecule has 3 heterocycles. The predicted octanol–water partition coefficient (Wildman–Crippen LogP) is 4.90. The maximum Gasteiger partial charge on any atom is 0.410 e. The molecule has 0 aliphatic carbocycles. The van der Waals surface area contributed by atoms with Crippen molar-refractivity contribution in [2.24, 2.45) is 5.92 Å². The number of rotatable bonds is 7. The quantitative estimate of drug-likeness (QED) is 0.398. The molecular formula is C25H42N6O4Si. The molecule has 0 saturated carbocycles. The van der Waals surface area contributed by atoms with Gasteiger partial charge in [0, 0.05) is 40.0 Å². The van der Waals surface area contributed by atoms with E-state index in [1.165, 1.54) is 0 Å². The molecule has 2 aromatic rings. The van der Waals surface area contributed by atoms with Gasteiger partial charge in [-0.05, 0) is 51.6 Å². The van der Waals surface area contributed by atoms with E-state index in [1.54, 1.807) is 11.1 Å². The average molecular weight is 519 g/mol. The van der Waals surface area contributed by atoms with Crippen LogP contribution in [0.15, 0.2) is 18.5 Å². The van der Waals surface area contributed by atoms with Gasteiger partial charge in [-0.2, -0.15) is 0 Å². The first-order valence-electron chi connectivity index (χ1n) is 12.8. The molecule has 11 heteroatoms. The van der Waals surface area contributed by atoms with Crippen molar-refractivity contribution < 1.29 is 19.1 Å². The molecule has 0 unspecified atom stereocenters. The summed E-state index contributed by atoms with van der Waals surface area (Å²) in [6.07, 6.45) is 4.58. The summed E-state index contributed by atoms with van der Waals surface area (Å²) in [6.45, 7) is 16.9. The van der Waals surface area contributed by atoms with E-state index in [2.05, 4.69) is 47.2 Å². The van der Waals surface area contributed by atoms with Crippen LogP contribution >= 0.6 is 0 Å². The molecule has 2 atom stereocenters. The van der Waals surface area contributed by atoms with Gasteiger partial charge in [0.25, 0.3) is 0 Å². The number of anilines is 1. The number of hydrogen-bond donors (Lipinski definition) is 2. The number of hydrogen-bond acceptors (Lipinski definition) is 6. The number of nitrogens with one attached hydrogen (secondary N) is 2. The number of amides is 3. The van der Waals surface area contributed by atoms with Gasteiger partial charge in [-0.15, -0.1) is 0 Å². The molecule has 1 aliphatic heterocycles. The fourth-order valence-electron chi connectivity index (χ4n) is 3.96. The van der Waals surface area contributed by atoms with E-state index < -0.39 is 13.7 Å². The first-order chi connectivity index (χ1) is 16.8. The molecule has 0 bridgehead atoms. The number of carbonyl (C=O) groups excluding carboxylic acids is 2. The van der Waals surface area contributed by atoms with Gasteiger partial charge in [0.1, 0.15) is 17.8 Å². The second kappa shape index (κ2) is 11.6. The number of aromatic nitrogens is 3. The van der Waals surface area contributed by atoms with Crippen LogP contribution in [0.5, 0.6) is 0 Å². The highest BCUT2D eigenvalue weighted by atomic mass is 28.3. The fourth-order valence-corrected chi connectivity index (χ4v) is 4.72. The zero-order valence-corrected chi connectivity index (χ0v) is 23.8. The van der Waals surface area contributed by atoms with E-state index >= 15 is 0 Å². The third-order valence-corrected chi connectivity index (χ3v) is 7.86. The molecule has 0 aromatic carbocycles. The van der Waals surface area contributed by atoms with E-state index in [0.717, 1.165) is 19.1 Å². The van der Waals surface area contributed by atoms with Gasteiger partial charge in [0.2, 0.25) is 0 Å². The maximum absolute atomic E-state index is 12.7. The normalized spacial score (nSPS) is 19.1. The van der Waals surface area contributed by atoms with Crippen molar-refractivity contribution in [3.63, 3.8) is 0 Å². The smallest absolute Gasteiger partial charge is 0.410 e. The van der Waals surface area contributed by atoms with Crippen molar-refractivity contribution in [3.05, 3.63) is 18.5 Å². The van der Waals surface area contributed by atoms with E-state index in [9.17, 15) is 9.59 Å². The second-order valence-electron chi connectivity index (χ2n) is 11.8. The summed E-state index contributed by atoms with van der Waals surface area (Å²) < 4.78 is 13.2. The summed E-state index contributed by atoms with van der Waals surface area (Å²) in [5, 5.41) is 5.85. The molecule has 10 nitrogen and oxygen atoms in total. The molecular weight excluding hydrogens is 476 g/mol. The molecule has 2 N–H and O–H groups in total. The molecule has 0 spiro atoms. The topological polar surface area (TPSA) is 111 Å². The Balaban J connectivity index is 1.52. The highest BCUT2D eigenvalue weighted by Gasteiger charge is 2.29. The first kappa shape index (κ1) is 27.9. The largest absolute Gasteiger partial charge is 0.444 e. The molecule has 200 valence electrons. The van der Waals surface area contributed by atoms with Crippen LogP contribution in [0.1, 0.15) is 40.5 Å². The summed E-state index contributed by atoms with van der Waals surface area (Å²) in [5.74, 6) is 0.598. The van der Waals surface area contributed by atoms with Crippen LogP contribution in [0, 0.1) is 5.92 Å². The minimum absolute atomic E-state index is 0.0662. The lowest BCUT2D eigenvalue weighted by Crippen LogP contribution is -2.42. The Morgan fingerprint density at radius 3 is 2.61 bits per heavy atom. The second-order valence-corrected chi connectivity index (χ2v) is 17.4. The van der Waals surface area contributed by atoms with Crippen molar-refractivity contribution in [1.82, 2.24) is 24.8 Å². The molecule has 1 aliphatic rings. The Bertz CT molecular complexity index is 1050. The van der Waals surface area contributed by atoms with Crippen LogP contribution in [-0.2, 0) is 16.2 Å². The van der Waals surface area contributed by atoms with Gasteiger partial charge in [-0.3, -0.25) is 5.32 Å². The molecule has 2 aromatic heterocycles. The van der Waals surface area contributed by atoms with E-state index in [-0.39, 0.29) is 24.1 Å². The van der Waals surface area contributed by atoms with Crippen LogP contribution in [-0.4, -0.2) is 71.0 Å². The molecule has 3 rings (SSSR count). The minimum atomic E-state index is -1.13. The van der Waals surface area contributed by atoms with Crippen LogP contribution < -0.4 is 10.6 Å². The Hall–Kier alpha value is -2.66. The van der Waals surface area contributed by atoms with Gasteiger partial charge in [-0.1, -0.05) is 26.6 Å². The molecule has 3 amide bonds. The van der Waals surface area contributed by atoms with Crippen LogP contribution in [0.3, 0.4) is 0 Å².